The first-order valence-corrected chi connectivity index (χ1v) is 6.53. The summed E-state index contributed by atoms with van der Waals surface area (Å²) in [6, 6.07) is 4.86. The second kappa shape index (κ2) is 5.93. The van der Waals surface area contributed by atoms with E-state index in [0.717, 1.165) is 4.88 Å². The van der Waals surface area contributed by atoms with Crippen molar-refractivity contribution in [1.82, 2.24) is 10.3 Å². The number of methoxy groups -OCH3 is 1. The number of hydrogen-bond donors (Lipinski definition) is 1. The molecule has 0 amide bonds. The summed E-state index contributed by atoms with van der Waals surface area (Å²) in [5.74, 6) is 0.282. The van der Waals surface area contributed by atoms with Crippen LogP contribution in [0, 0.1) is 5.82 Å². The number of aromatic nitrogens is 1. The number of ether oxygens (including phenoxy) is 1. The number of rotatable bonds is 5. The molecule has 0 fully saturated rings. The van der Waals surface area contributed by atoms with Crippen LogP contribution < -0.4 is 10.1 Å². The second-order valence-electron chi connectivity index (χ2n) is 3.96. The highest BCUT2D eigenvalue weighted by Crippen LogP contribution is 2.22. The molecule has 2 rings (SSSR count). The molecule has 1 aromatic heterocycles. The van der Waals surface area contributed by atoms with E-state index in [-0.39, 0.29) is 11.9 Å². The average Bonchev–Trinajstić information content (AvgIpc) is 2.88. The molecule has 0 radical (unpaired) electrons. The number of nitrogens with one attached hydrogen (secondary N) is 1. The summed E-state index contributed by atoms with van der Waals surface area (Å²) in [4.78, 5) is 5.14. The van der Waals surface area contributed by atoms with E-state index in [1.54, 1.807) is 29.0 Å². The van der Waals surface area contributed by atoms with Crippen molar-refractivity contribution in [2.45, 2.75) is 19.5 Å². The summed E-state index contributed by atoms with van der Waals surface area (Å²) >= 11 is 1.58. The lowest BCUT2D eigenvalue weighted by Crippen LogP contribution is -2.18. The average molecular weight is 266 g/mol. The van der Waals surface area contributed by atoms with Crippen molar-refractivity contribution in [2.75, 3.05) is 7.11 Å². The topological polar surface area (TPSA) is 34.1 Å². The number of nitrogens with zero attached hydrogens (tertiary/aromatic N) is 1. The molecular weight excluding hydrogens is 251 g/mol. The quantitative estimate of drug-likeness (QED) is 0.902. The molecule has 3 nitrogen and oxygen atoms in total. The minimum atomic E-state index is -0.251. The Hall–Kier alpha value is -1.46. The summed E-state index contributed by atoms with van der Waals surface area (Å²) in [5, 5.41) is 3.27. The van der Waals surface area contributed by atoms with Crippen molar-refractivity contribution < 1.29 is 9.13 Å². The first-order chi connectivity index (χ1) is 8.70. The summed E-state index contributed by atoms with van der Waals surface area (Å²) in [6.45, 7) is 2.63. The van der Waals surface area contributed by atoms with Gasteiger partial charge in [0.15, 0.2) is 0 Å². The largest absolute Gasteiger partial charge is 0.497 e. The fourth-order valence-corrected chi connectivity index (χ4v) is 2.22. The fraction of sp³-hybridized carbons (Fsp3) is 0.308. The van der Waals surface area contributed by atoms with Crippen molar-refractivity contribution in [3.63, 3.8) is 0 Å². The Balaban J connectivity index is 2.02. The minimum absolute atomic E-state index is 0.0574. The Bertz CT molecular complexity index is 502. The Kier molecular flexibility index (Phi) is 4.28. The number of halogens is 1. The smallest absolute Gasteiger partial charge is 0.131 e. The maximum absolute atomic E-state index is 13.8. The van der Waals surface area contributed by atoms with E-state index in [9.17, 15) is 4.39 Å². The van der Waals surface area contributed by atoms with E-state index in [1.165, 1.54) is 13.2 Å². The van der Waals surface area contributed by atoms with Gasteiger partial charge in [-0.05, 0) is 13.0 Å². The molecular formula is C13H15FN2OS. The van der Waals surface area contributed by atoms with Crippen LogP contribution >= 0.6 is 11.3 Å². The van der Waals surface area contributed by atoms with Crippen LogP contribution in [0.3, 0.4) is 0 Å². The lowest BCUT2D eigenvalue weighted by Gasteiger charge is -2.15. The van der Waals surface area contributed by atoms with Crippen LogP contribution in [-0.2, 0) is 6.54 Å². The zero-order valence-corrected chi connectivity index (χ0v) is 11.1. The predicted molar refractivity (Wildman–Crippen MR) is 70.3 cm³/mol. The monoisotopic (exact) mass is 266 g/mol. The number of benzene rings is 1. The molecule has 0 bridgehead atoms. The predicted octanol–water partition coefficient (Wildman–Crippen LogP) is 3.14. The maximum atomic E-state index is 13.8. The third-order valence-corrected chi connectivity index (χ3v) is 3.52. The molecule has 1 aromatic carbocycles. The van der Waals surface area contributed by atoms with Crippen molar-refractivity contribution in [3.8, 4) is 5.75 Å². The third-order valence-electron chi connectivity index (χ3n) is 2.74. The SMILES string of the molecule is COc1ccc(C(C)NCc2cncs2)c(F)c1. The molecule has 0 aliphatic heterocycles. The molecule has 5 heteroatoms. The molecule has 0 saturated heterocycles. The molecule has 18 heavy (non-hydrogen) atoms. The summed E-state index contributed by atoms with van der Waals surface area (Å²) < 4.78 is 18.8. The van der Waals surface area contributed by atoms with Crippen LogP contribution in [0.5, 0.6) is 5.75 Å². The van der Waals surface area contributed by atoms with Gasteiger partial charge in [-0.25, -0.2) is 4.39 Å². The van der Waals surface area contributed by atoms with Gasteiger partial charge < -0.3 is 10.1 Å². The minimum Gasteiger partial charge on any atom is -0.497 e. The Morgan fingerprint density at radius 2 is 2.33 bits per heavy atom. The van der Waals surface area contributed by atoms with Crippen LogP contribution in [-0.4, -0.2) is 12.1 Å². The summed E-state index contributed by atoms with van der Waals surface area (Å²) in [5.41, 5.74) is 2.43. The van der Waals surface area contributed by atoms with Crippen LogP contribution in [0.15, 0.2) is 29.9 Å². The Labute approximate surface area is 110 Å². The van der Waals surface area contributed by atoms with Gasteiger partial charge in [0.25, 0.3) is 0 Å². The van der Waals surface area contributed by atoms with Gasteiger partial charge in [-0.15, -0.1) is 11.3 Å². The van der Waals surface area contributed by atoms with Crippen molar-refractivity contribution >= 4 is 11.3 Å². The maximum Gasteiger partial charge on any atom is 0.131 e. The molecule has 1 heterocycles. The van der Waals surface area contributed by atoms with Crippen LogP contribution in [0.25, 0.3) is 0 Å². The van der Waals surface area contributed by atoms with Gasteiger partial charge in [0.05, 0.1) is 12.6 Å². The normalized spacial score (nSPS) is 12.4. The van der Waals surface area contributed by atoms with Crippen LogP contribution in [0.1, 0.15) is 23.4 Å². The van der Waals surface area contributed by atoms with E-state index in [4.69, 9.17) is 4.74 Å². The lowest BCUT2D eigenvalue weighted by atomic mass is 10.1. The highest BCUT2D eigenvalue weighted by Gasteiger charge is 2.11. The van der Waals surface area contributed by atoms with Gasteiger partial charge in [0.1, 0.15) is 11.6 Å². The highest BCUT2D eigenvalue weighted by molar-refractivity contribution is 7.09. The molecule has 1 unspecified atom stereocenters. The van der Waals surface area contributed by atoms with Gasteiger partial charge in [0.2, 0.25) is 0 Å². The third kappa shape index (κ3) is 3.05. The first kappa shape index (κ1) is 13.0. The van der Waals surface area contributed by atoms with Crippen molar-refractivity contribution in [3.05, 3.63) is 46.2 Å². The van der Waals surface area contributed by atoms with E-state index < -0.39 is 0 Å². The van der Waals surface area contributed by atoms with Gasteiger partial charge >= 0.3 is 0 Å². The van der Waals surface area contributed by atoms with Crippen LogP contribution in [0.4, 0.5) is 4.39 Å². The molecule has 0 aliphatic rings. The Morgan fingerprint density at radius 3 is 2.94 bits per heavy atom. The molecule has 96 valence electrons. The van der Waals surface area contributed by atoms with E-state index >= 15 is 0 Å². The van der Waals surface area contributed by atoms with Gasteiger partial charge in [0, 0.05) is 35.3 Å². The first-order valence-electron chi connectivity index (χ1n) is 5.65. The zero-order chi connectivity index (χ0) is 13.0. The van der Waals surface area contributed by atoms with Crippen molar-refractivity contribution in [1.29, 1.82) is 0 Å². The van der Waals surface area contributed by atoms with E-state index in [0.29, 0.717) is 17.9 Å². The molecule has 0 aliphatic carbocycles. The molecule has 0 saturated carbocycles. The molecule has 2 aromatic rings. The van der Waals surface area contributed by atoms with Gasteiger partial charge in [-0.1, -0.05) is 6.07 Å². The van der Waals surface area contributed by atoms with Gasteiger partial charge in [-0.3, -0.25) is 4.98 Å². The second-order valence-corrected chi connectivity index (χ2v) is 4.93. The van der Waals surface area contributed by atoms with Crippen molar-refractivity contribution in [2.24, 2.45) is 0 Å². The zero-order valence-electron chi connectivity index (χ0n) is 10.3. The summed E-state index contributed by atoms with van der Waals surface area (Å²) in [7, 11) is 1.53. The molecule has 1 N–H and O–H groups in total. The van der Waals surface area contributed by atoms with E-state index in [1.807, 2.05) is 13.1 Å². The lowest BCUT2D eigenvalue weighted by molar-refractivity contribution is 0.409. The van der Waals surface area contributed by atoms with E-state index in [2.05, 4.69) is 10.3 Å². The molecule has 1 atom stereocenters. The van der Waals surface area contributed by atoms with Gasteiger partial charge in [-0.2, -0.15) is 0 Å². The highest BCUT2D eigenvalue weighted by atomic mass is 32.1. The summed E-state index contributed by atoms with van der Waals surface area (Å²) in [6.07, 6.45) is 1.81. The fourth-order valence-electron chi connectivity index (χ4n) is 1.68. The Morgan fingerprint density at radius 1 is 1.50 bits per heavy atom. The standard InChI is InChI=1S/C13H15FN2OS/c1-9(16-7-11-6-15-8-18-11)12-4-3-10(17-2)5-13(12)14/h3-6,8-9,16H,7H2,1-2H3. The van der Waals surface area contributed by atoms with Crippen LogP contribution in [0.2, 0.25) is 0 Å². The number of hydrogen-bond acceptors (Lipinski definition) is 4. The number of thiazole rings is 1. The molecule has 0 spiro atoms.